The Balaban J connectivity index is 2.12. The SMILES string of the molecule is C[N+](C)=CON=C1c2ccccc2-c2ccccc21. The molecule has 0 aromatic heterocycles. The van der Waals surface area contributed by atoms with E-state index < -0.39 is 0 Å². The Kier molecular flexibility index (Phi) is 2.88. The topological polar surface area (TPSA) is 24.6 Å². The molecule has 2 aromatic rings. The smallest absolute Gasteiger partial charge is 0.300 e. The number of fused-ring (bicyclic) bond motifs is 3. The van der Waals surface area contributed by atoms with Gasteiger partial charge in [-0.1, -0.05) is 53.7 Å². The first kappa shape index (κ1) is 11.7. The number of hydrogen-bond donors (Lipinski definition) is 0. The minimum Gasteiger partial charge on any atom is -0.300 e. The lowest BCUT2D eigenvalue weighted by atomic mass is 10.1. The van der Waals surface area contributed by atoms with Gasteiger partial charge in [0.15, 0.2) is 0 Å². The van der Waals surface area contributed by atoms with Gasteiger partial charge < -0.3 is 0 Å². The zero-order valence-electron chi connectivity index (χ0n) is 11.0. The van der Waals surface area contributed by atoms with Crippen molar-refractivity contribution in [3.63, 3.8) is 0 Å². The first-order valence-corrected chi connectivity index (χ1v) is 6.20. The Bertz CT molecular complexity index is 635. The third kappa shape index (κ3) is 2.03. The Labute approximate surface area is 112 Å². The molecule has 0 amide bonds. The van der Waals surface area contributed by atoms with Crippen LogP contribution in [-0.2, 0) is 4.84 Å². The van der Waals surface area contributed by atoms with Crippen LogP contribution in [0.5, 0.6) is 0 Å². The Morgan fingerprint density at radius 3 is 1.79 bits per heavy atom. The molecule has 19 heavy (non-hydrogen) atoms. The lowest BCUT2D eigenvalue weighted by Crippen LogP contribution is -2.03. The van der Waals surface area contributed by atoms with Crippen molar-refractivity contribution in [3.8, 4) is 11.1 Å². The van der Waals surface area contributed by atoms with Gasteiger partial charge in [-0.15, -0.1) is 0 Å². The highest BCUT2D eigenvalue weighted by molar-refractivity contribution is 6.24. The first-order valence-electron chi connectivity index (χ1n) is 6.20. The molecule has 0 spiro atoms. The molecular formula is C16H15N2O+. The highest BCUT2D eigenvalue weighted by Gasteiger charge is 2.24. The van der Waals surface area contributed by atoms with E-state index in [-0.39, 0.29) is 0 Å². The van der Waals surface area contributed by atoms with E-state index in [1.165, 1.54) is 11.1 Å². The van der Waals surface area contributed by atoms with Gasteiger partial charge in [0.25, 0.3) is 0 Å². The molecule has 1 aliphatic rings. The maximum absolute atomic E-state index is 5.28. The van der Waals surface area contributed by atoms with Crippen LogP contribution in [0.4, 0.5) is 0 Å². The minimum atomic E-state index is 0.893. The highest BCUT2D eigenvalue weighted by Crippen LogP contribution is 2.36. The van der Waals surface area contributed by atoms with E-state index >= 15 is 0 Å². The number of rotatable bonds is 2. The van der Waals surface area contributed by atoms with E-state index in [2.05, 4.69) is 29.4 Å². The molecule has 1 aliphatic carbocycles. The average molecular weight is 251 g/mol. The van der Waals surface area contributed by atoms with Crippen molar-refractivity contribution < 1.29 is 9.41 Å². The molecule has 3 nitrogen and oxygen atoms in total. The molecule has 0 radical (unpaired) electrons. The van der Waals surface area contributed by atoms with Gasteiger partial charge in [0.05, 0.1) is 0 Å². The van der Waals surface area contributed by atoms with Crippen LogP contribution in [0.2, 0.25) is 0 Å². The molecule has 0 unspecified atom stereocenters. The maximum atomic E-state index is 5.28. The standard InChI is InChI=1S/C16H15N2O/c1-18(2)11-19-17-16-14-9-5-3-7-12(14)13-8-4-6-10-15(13)16/h3-11H,1-2H3/q+1. The zero-order valence-corrected chi connectivity index (χ0v) is 11.0. The van der Waals surface area contributed by atoms with E-state index in [1.807, 2.05) is 42.9 Å². The van der Waals surface area contributed by atoms with Crippen molar-refractivity contribution in [3.05, 3.63) is 59.7 Å². The van der Waals surface area contributed by atoms with Gasteiger partial charge in [0.2, 0.25) is 0 Å². The molecule has 3 rings (SSSR count). The molecule has 94 valence electrons. The second-order valence-corrected chi connectivity index (χ2v) is 4.71. The third-order valence-electron chi connectivity index (χ3n) is 3.06. The summed E-state index contributed by atoms with van der Waals surface area (Å²) in [4.78, 5) is 5.28. The Morgan fingerprint density at radius 2 is 1.32 bits per heavy atom. The molecule has 0 fully saturated rings. The molecule has 0 aliphatic heterocycles. The number of oxime groups is 1. The van der Waals surface area contributed by atoms with Crippen molar-refractivity contribution in [1.82, 2.24) is 0 Å². The summed E-state index contributed by atoms with van der Waals surface area (Å²) < 4.78 is 1.82. The lowest BCUT2D eigenvalue weighted by molar-refractivity contribution is -0.468. The van der Waals surface area contributed by atoms with Crippen LogP contribution in [-0.4, -0.2) is 30.8 Å². The third-order valence-corrected chi connectivity index (χ3v) is 3.06. The van der Waals surface area contributed by atoms with E-state index in [0.717, 1.165) is 16.8 Å². The van der Waals surface area contributed by atoms with Crippen molar-refractivity contribution in [2.24, 2.45) is 5.16 Å². The van der Waals surface area contributed by atoms with Gasteiger partial charge in [-0.25, -0.2) is 4.58 Å². The minimum absolute atomic E-state index is 0.893. The van der Waals surface area contributed by atoms with Crippen LogP contribution in [0.25, 0.3) is 11.1 Å². The van der Waals surface area contributed by atoms with Crippen molar-refractivity contribution >= 4 is 12.1 Å². The predicted molar refractivity (Wildman–Crippen MR) is 76.8 cm³/mol. The summed E-state index contributed by atoms with van der Waals surface area (Å²) in [5.41, 5.74) is 5.56. The van der Waals surface area contributed by atoms with Gasteiger partial charge in [-0.3, -0.25) is 4.84 Å². The Morgan fingerprint density at radius 1 is 0.842 bits per heavy atom. The second-order valence-electron chi connectivity index (χ2n) is 4.71. The van der Waals surface area contributed by atoms with Gasteiger partial charge in [0, 0.05) is 11.1 Å². The molecule has 2 aromatic carbocycles. The van der Waals surface area contributed by atoms with Crippen molar-refractivity contribution in [1.29, 1.82) is 0 Å². The fraction of sp³-hybridized carbons (Fsp3) is 0.125. The molecule has 0 bridgehead atoms. The summed E-state index contributed by atoms with van der Waals surface area (Å²) in [7, 11) is 3.80. The molecule has 0 heterocycles. The summed E-state index contributed by atoms with van der Waals surface area (Å²) in [6.07, 6.45) is 1.58. The van der Waals surface area contributed by atoms with Crippen molar-refractivity contribution in [2.45, 2.75) is 0 Å². The summed E-state index contributed by atoms with van der Waals surface area (Å²) in [6, 6.07) is 16.5. The largest absolute Gasteiger partial charge is 0.351 e. The van der Waals surface area contributed by atoms with E-state index in [4.69, 9.17) is 4.84 Å². The van der Waals surface area contributed by atoms with E-state index in [9.17, 15) is 0 Å². The average Bonchev–Trinajstić information content (AvgIpc) is 2.74. The molecule has 0 saturated heterocycles. The number of nitrogens with zero attached hydrogens (tertiary/aromatic N) is 2. The summed E-state index contributed by atoms with van der Waals surface area (Å²) in [5, 5.41) is 4.27. The van der Waals surface area contributed by atoms with E-state index in [1.54, 1.807) is 6.40 Å². The molecule has 0 atom stereocenters. The van der Waals surface area contributed by atoms with E-state index in [0.29, 0.717) is 0 Å². The van der Waals surface area contributed by atoms with Crippen LogP contribution >= 0.6 is 0 Å². The zero-order chi connectivity index (χ0) is 13.2. The highest BCUT2D eigenvalue weighted by atomic mass is 16.6. The fourth-order valence-electron chi connectivity index (χ4n) is 2.26. The van der Waals surface area contributed by atoms with Crippen molar-refractivity contribution in [2.75, 3.05) is 14.1 Å². The maximum Gasteiger partial charge on any atom is 0.351 e. The summed E-state index contributed by atoms with van der Waals surface area (Å²) in [6.45, 7) is 0. The fourth-order valence-corrected chi connectivity index (χ4v) is 2.26. The molecule has 0 saturated carbocycles. The lowest BCUT2D eigenvalue weighted by Gasteiger charge is -1.98. The quantitative estimate of drug-likeness (QED) is 0.297. The van der Waals surface area contributed by atoms with Crippen LogP contribution in [0.1, 0.15) is 11.1 Å². The van der Waals surface area contributed by atoms with Crippen LogP contribution in [0, 0.1) is 0 Å². The van der Waals surface area contributed by atoms with Gasteiger partial charge in [0.1, 0.15) is 19.8 Å². The summed E-state index contributed by atoms with van der Waals surface area (Å²) >= 11 is 0. The second kappa shape index (κ2) is 4.69. The summed E-state index contributed by atoms with van der Waals surface area (Å²) in [5.74, 6) is 0. The van der Waals surface area contributed by atoms with Crippen LogP contribution < -0.4 is 0 Å². The molecule has 3 heteroatoms. The number of benzene rings is 2. The number of hydrogen-bond acceptors (Lipinski definition) is 2. The van der Waals surface area contributed by atoms with Crippen LogP contribution in [0.15, 0.2) is 53.7 Å². The van der Waals surface area contributed by atoms with Gasteiger partial charge in [-0.2, -0.15) is 0 Å². The Hall–Kier alpha value is -2.42. The van der Waals surface area contributed by atoms with Crippen LogP contribution in [0.3, 0.4) is 0 Å². The molecule has 0 N–H and O–H groups in total. The van der Waals surface area contributed by atoms with Gasteiger partial charge >= 0.3 is 6.40 Å². The van der Waals surface area contributed by atoms with Gasteiger partial charge in [-0.05, 0) is 11.1 Å². The first-order chi connectivity index (χ1) is 9.27. The predicted octanol–water partition coefficient (Wildman–Crippen LogP) is 2.74. The normalized spacial score (nSPS) is 11.6. The monoisotopic (exact) mass is 251 g/mol. The molecular weight excluding hydrogens is 236 g/mol.